The van der Waals surface area contributed by atoms with Gasteiger partial charge in [-0.3, -0.25) is 0 Å². The molecule has 2 aromatic carbocycles. The minimum atomic E-state index is -3.63. The van der Waals surface area contributed by atoms with Crippen LogP contribution in [0.4, 0.5) is 0 Å². The lowest BCUT2D eigenvalue weighted by Crippen LogP contribution is -2.23. The fraction of sp³-hybridized carbons (Fsp3) is 0.333. The van der Waals surface area contributed by atoms with Crippen LogP contribution < -0.4 is 14.2 Å². The van der Waals surface area contributed by atoms with E-state index in [-0.39, 0.29) is 11.4 Å². The summed E-state index contributed by atoms with van der Waals surface area (Å²) in [7, 11) is -3.63. The van der Waals surface area contributed by atoms with Crippen molar-refractivity contribution in [3.63, 3.8) is 0 Å². The standard InChI is InChI=1S/C18H23NO4S/c1-4-22-17-11-10-16(12-18(17)23-5-2)24(20,21)19-13-15-9-7-6-8-14(15)3/h6-12,19H,4-5,13H2,1-3H3. The average Bonchev–Trinajstić information content (AvgIpc) is 2.56. The van der Waals surface area contributed by atoms with Crippen LogP contribution in [0.5, 0.6) is 11.5 Å². The van der Waals surface area contributed by atoms with Crippen LogP contribution >= 0.6 is 0 Å². The highest BCUT2D eigenvalue weighted by atomic mass is 32.2. The van der Waals surface area contributed by atoms with Crippen molar-refractivity contribution in [2.75, 3.05) is 13.2 Å². The first-order valence-electron chi connectivity index (χ1n) is 7.91. The largest absolute Gasteiger partial charge is 0.490 e. The fourth-order valence-electron chi connectivity index (χ4n) is 2.26. The number of rotatable bonds is 8. The Bertz CT molecular complexity index is 787. The zero-order chi connectivity index (χ0) is 17.6. The molecule has 0 aromatic heterocycles. The average molecular weight is 349 g/mol. The molecule has 0 aliphatic carbocycles. The normalized spacial score (nSPS) is 11.3. The van der Waals surface area contributed by atoms with Crippen LogP contribution in [-0.2, 0) is 16.6 Å². The van der Waals surface area contributed by atoms with Crippen molar-refractivity contribution in [2.45, 2.75) is 32.2 Å². The van der Waals surface area contributed by atoms with Gasteiger partial charge in [-0.15, -0.1) is 0 Å². The van der Waals surface area contributed by atoms with E-state index in [1.165, 1.54) is 12.1 Å². The van der Waals surface area contributed by atoms with Gasteiger partial charge in [0.15, 0.2) is 11.5 Å². The SMILES string of the molecule is CCOc1ccc(S(=O)(=O)NCc2ccccc2C)cc1OCC. The molecule has 0 bridgehead atoms. The first-order valence-corrected chi connectivity index (χ1v) is 9.40. The Morgan fingerprint density at radius 3 is 2.29 bits per heavy atom. The summed E-state index contributed by atoms with van der Waals surface area (Å²) < 4.78 is 38.7. The van der Waals surface area contributed by atoms with Crippen molar-refractivity contribution >= 4 is 10.0 Å². The maximum atomic E-state index is 12.5. The van der Waals surface area contributed by atoms with Crippen molar-refractivity contribution in [3.05, 3.63) is 53.6 Å². The molecule has 24 heavy (non-hydrogen) atoms. The van der Waals surface area contributed by atoms with Crippen LogP contribution in [0, 0.1) is 6.92 Å². The Kier molecular flexibility index (Phi) is 6.23. The van der Waals surface area contributed by atoms with Crippen molar-refractivity contribution < 1.29 is 17.9 Å². The van der Waals surface area contributed by atoms with E-state index in [1.807, 2.05) is 45.0 Å². The van der Waals surface area contributed by atoms with Gasteiger partial charge in [-0.1, -0.05) is 24.3 Å². The van der Waals surface area contributed by atoms with Gasteiger partial charge in [0.25, 0.3) is 0 Å². The summed E-state index contributed by atoms with van der Waals surface area (Å²) >= 11 is 0. The lowest BCUT2D eigenvalue weighted by atomic mass is 10.1. The van der Waals surface area contributed by atoms with Crippen molar-refractivity contribution in [1.29, 1.82) is 0 Å². The minimum Gasteiger partial charge on any atom is -0.490 e. The molecule has 0 saturated heterocycles. The van der Waals surface area contributed by atoms with Crippen molar-refractivity contribution in [3.8, 4) is 11.5 Å². The highest BCUT2D eigenvalue weighted by Crippen LogP contribution is 2.30. The van der Waals surface area contributed by atoms with E-state index in [1.54, 1.807) is 6.07 Å². The molecule has 1 N–H and O–H groups in total. The second kappa shape index (κ2) is 8.17. The van der Waals surface area contributed by atoms with Gasteiger partial charge >= 0.3 is 0 Å². The van der Waals surface area contributed by atoms with Gasteiger partial charge in [0, 0.05) is 12.6 Å². The molecule has 0 saturated carbocycles. The maximum Gasteiger partial charge on any atom is 0.241 e. The van der Waals surface area contributed by atoms with Crippen LogP contribution in [0.3, 0.4) is 0 Å². The van der Waals surface area contributed by atoms with Gasteiger partial charge in [-0.05, 0) is 44.0 Å². The predicted octanol–water partition coefficient (Wildman–Crippen LogP) is 3.27. The summed E-state index contributed by atoms with van der Waals surface area (Å²) in [4.78, 5) is 0.156. The molecule has 0 spiro atoms. The van der Waals surface area contributed by atoms with Crippen LogP contribution in [0.1, 0.15) is 25.0 Å². The van der Waals surface area contributed by atoms with E-state index >= 15 is 0 Å². The lowest BCUT2D eigenvalue weighted by Gasteiger charge is -2.13. The molecule has 2 rings (SSSR count). The van der Waals surface area contributed by atoms with E-state index in [4.69, 9.17) is 9.47 Å². The Balaban J connectivity index is 2.22. The first kappa shape index (κ1) is 18.3. The number of ether oxygens (including phenoxy) is 2. The first-order chi connectivity index (χ1) is 11.5. The van der Waals surface area contributed by atoms with E-state index in [2.05, 4.69) is 4.72 Å². The van der Waals surface area contributed by atoms with Gasteiger partial charge in [0.1, 0.15) is 0 Å². The third-order valence-electron chi connectivity index (χ3n) is 3.54. The van der Waals surface area contributed by atoms with Gasteiger partial charge < -0.3 is 9.47 Å². The van der Waals surface area contributed by atoms with Crippen LogP contribution in [0.15, 0.2) is 47.4 Å². The molecule has 0 aliphatic rings. The third kappa shape index (κ3) is 4.49. The zero-order valence-corrected chi connectivity index (χ0v) is 15.0. The third-order valence-corrected chi connectivity index (χ3v) is 4.94. The Morgan fingerprint density at radius 2 is 1.62 bits per heavy atom. The molecule has 0 atom stereocenters. The van der Waals surface area contributed by atoms with Gasteiger partial charge in [0.05, 0.1) is 18.1 Å². The molecule has 0 fully saturated rings. The summed E-state index contributed by atoms with van der Waals surface area (Å²) in [5.41, 5.74) is 1.99. The van der Waals surface area contributed by atoms with Crippen molar-refractivity contribution in [1.82, 2.24) is 4.72 Å². The fourth-order valence-corrected chi connectivity index (χ4v) is 3.28. The summed E-state index contributed by atoms with van der Waals surface area (Å²) in [6, 6.07) is 12.3. The summed E-state index contributed by atoms with van der Waals surface area (Å²) in [5, 5.41) is 0. The highest BCUT2D eigenvalue weighted by molar-refractivity contribution is 7.89. The van der Waals surface area contributed by atoms with Crippen LogP contribution in [0.2, 0.25) is 0 Å². The molecule has 130 valence electrons. The molecular formula is C18H23NO4S. The van der Waals surface area contributed by atoms with E-state index in [9.17, 15) is 8.42 Å². The molecule has 0 amide bonds. The van der Waals surface area contributed by atoms with Crippen LogP contribution in [-0.4, -0.2) is 21.6 Å². The predicted molar refractivity (Wildman–Crippen MR) is 94.0 cm³/mol. The molecule has 0 unspecified atom stereocenters. The topological polar surface area (TPSA) is 64.6 Å². The van der Waals surface area contributed by atoms with Crippen LogP contribution in [0.25, 0.3) is 0 Å². The number of sulfonamides is 1. The molecule has 2 aromatic rings. The van der Waals surface area contributed by atoms with Gasteiger partial charge in [-0.25, -0.2) is 13.1 Å². The molecule has 5 nitrogen and oxygen atoms in total. The molecule has 6 heteroatoms. The quantitative estimate of drug-likeness (QED) is 0.794. The Hall–Kier alpha value is -2.05. The van der Waals surface area contributed by atoms with E-state index in [0.29, 0.717) is 24.7 Å². The smallest absolute Gasteiger partial charge is 0.241 e. The zero-order valence-electron chi connectivity index (χ0n) is 14.2. The highest BCUT2D eigenvalue weighted by Gasteiger charge is 2.17. The maximum absolute atomic E-state index is 12.5. The molecule has 0 radical (unpaired) electrons. The number of benzene rings is 2. The van der Waals surface area contributed by atoms with Gasteiger partial charge in [0.2, 0.25) is 10.0 Å². The number of aryl methyl sites for hydroxylation is 1. The molecule has 0 heterocycles. The summed E-state index contributed by atoms with van der Waals surface area (Å²) in [5.74, 6) is 0.968. The Labute approximate surface area is 143 Å². The monoisotopic (exact) mass is 349 g/mol. The minimum absolute atomic E-state index is 0.156. The van der Waals surface area contributed by atoms with E-state index in [0.717, 1.165) is 11.1 Å². The van der Waals surface area contributed by atoms with Crippen molar-refractivity contribution in [2.24, 2.45) is 0 Å². The lowest BCUT2D eigenvalue weighted by molar-refractivity contribution is 0.287. The number of nitrogens with one attached hydrogen (secondary N) is 1. The molecular weight excluding hydrogens is 326 g/mol. The second-order valence-electron chi connectivity index (χ2n) is 5.23. The molecule has 0 aliphatic heterocycles. The number of hydrogen-bond acceptors (Lipinski definition) is 4. The second-order valence-corrected chi connectivity index (χ2v) is 6.99. The van der Waals surface area contributed by atoms with Gasteiger partial charge in [-0.2, -0.15) is 0 Å². The van der Waals surface area contributed by atoms with E-state index < -0.39 is 10.0 Å². The summed E-state index contributed by atoms with van der Waals surface area (Å²) in [6.45, 7) is 6.81. The number of hydrogen-bond donors (Lipinski definition) is 1. The summed E-state index contributed by atoms with van der Waals surface area (Å²) in [6.07, 6.45) is 0. The Morgan fingerprint density at radius 1 is 0.958 bits per heavy atom.